The van der Waals surface area contributed by atoms with Crippen molar-refractivity contribution in [2.45, 2.75) is 25.2 Å². The molecule has 1 heterocycles. The molecule has 3 aromatic rings. The van der Waals surface area contributed by atoms with E-state index in [0.29, 0.717) is 40.5 Å². The number of aromatic nitrogens is 1. The lowest BCUT2D eigenvalue weighted by Crippen LogP contribution is -2.45. The molecule has 0 aliphatic rings. The van der Waals surface area contributed by atoms with Gasteiger partial charge in [0.25, 0.3) is 0 Å². The molecule has 10 heteroatoms. The molecule has 34 heavy (non-hydrogen) atoms. The first-order chi connectivity index (χ1) is 16.4. The average molecular weight is 549 g/mol. The van der Waals surface area contributed by atoms with Crippen LogP contribution < -0.4 is 9.47 Å². The zero-order valence-corrected chi connectivity index (χ0v) is 21.1. The minimum atomic E-state index is -1.11. The number of hydrogen-bond donors (Lipinski definition) is 1. The Balaban J connectivity index is 1.99. The summed E-state index contributed by atoms with van der Waals surface area (Å²) in [5, 5.41) is 12.5. The van der Waals surface area contributed by atoms with E-state index in [4.69, 9.17) is 14.2 Å². The normalized spacial score (nSPS) is 12.8. The van der Waals surface area contributed by atoms with Gasteiger partial charge in [-0.1, -0.05) is 24.3 Å². The molecule has 0 bridgehead atoms. The van der Waals surface area contributed by atoms with Gasteiger partial charge in [-0.15, -0.1) is 11.3 Å². The van der Waals surface area contributed by atoms with Gasteiger partial charge in [0.1, 0.15) is 46.1 Å². The molecule has 180 valence electrons. The summed E-state index contributed by atoms with van der Waals surface area (Å²) in [4.78, 5) is 29.9. The van der Waals surface area contributed by atoms with Crippen LogP contribution in [0.5, 0.6) is 11.5 Å². The Morgan fingerprint density at radius 1 is 1.06 bits per heavy atom. The molecule has 0 radical (unpaired) electrons. The molecule has 3 rings (SSSR count). The molecule has 0 unspecified atom stereocenters. The summed E-state index contributed by atoms with van der Waals surface area (Å²) in [5.41, 5.74) is 1.80. The quantitative estimate of drug-likeness (QED) is 0.315. The summed E-state index contributed by atoms with van der Waals surface area (Å²) in [5.74, 6) is 0.337. The van der Waals surface area contributed by atoms with E-state index >= 15 is 0 Å². The topological polar surface area (TPSA) is 98.2 Å². The van der Waals surface area contributed by atoms with Gasteiger partial charge in [-0.05, 0) is 51.3 Å². The first-order valence-corrected chi connectivity index (χ1v) is 12.0. The van der Waals surface area contributed by atoms with Crippen LogP contribution in [0.2, 0.25) is 0 Å². The number of carbonyl (C=O) groups is 2. The van der Waals surface area contributed by atoms with Gasteiger partial charge in [0.15, 0.2) is 0 Å². The summed E-state index contributed by atoms with van der Waals surface area (Å²) in [6.45, 7) is 0.394. The van der Waals surface area contributed by atoms with E-state index in [1.807, 2.05) is 48.5 Å². The van der Waals surface area contributed by atoms with Crippen molar-refractivity contribution in [1.82, 2.24) is 9.88 Å². The molecule has 0 fully saturated rings. The molecule has 1 N–H and O–H groups in total. The molecule has 0 amide bonds. The number of methoxy groups -OCH3 is 2. The van der Waals surface area contributed by atoms with Gasteiger partial charge in [0, 0.05) is 18.5 Å². The second-order valence-corrected chi connectivity index (χ2v) is 9.02. The zero-order chi connectivity index (χ0) is 24.5. The Bertz CT molecular complexity index is 1020. The fourth-order valence-electron chi connectivity index (χ4n) is 3.50. The number of hydrogen-bond acceptors (Lipinski definition) is 8. The van der Waals surface area contributed by atoms with E-state index in [1.165, 1.54) is 11.3 Å². The van der Waals surface area contributed by atoms with E-state index in [-0.39, 0.29) is 6.61 Å². The molecule has 0 aliphatic heterocycles. The molecule has 2 atom stereocenters. The van der Waals surface area contributed by atoms with Crippen molar-refractivity contribution in [2.75, 3.05) is 20.8 Å². The van der Waals surface area contributed by atoms with Crippen molar-refractivity contribution < 1.29 is 28.9 Å². The summed E-state index contributed by atoms with van der Waals surface area (Å²) in [7, 11) is 3.18. The molecule has 8 nitrogen and oxygen atoms in total. The number of carboxylic acids is 1. The van der Waals surface area contributed by atoms with Gasteiger partial charge in [-0.2, -0.15) is 0 Å². The Kier molecular flexibility index (Phi) is 9.58. The summed E-state index contributed by atoms with van der Waals surface area (Å²) < 4.78 is 16.8. The van der Waals surface area contributed by atoms with Gasteiger partial charge < -0.3 is 24.1 Å². The van der Waals surface area contributed by atoms with E-state index in [0.717, 1.165) is 11.1 Å². The largest absolute Gasteiger partial charge is 0.497 e. The maximum atomic E-state index is 12.6. The number of rotatable bonds is 13. The highest BCUT2D eigenvalue weighted by Crippen LogP contribution is 2.32. The van der Waals surface area contributed by atoms with Crippen LogP contribution in [0.15, 0.2) is 58.5 Å². The lowest BCUT2D eigenvalue weighted by Gasteiger charge is -2.33. The van der Waals surface area contributed by atoms with E-state index < -0.39 is 18.1 Å². The number of carboxylic acid groups (broad SMARTS) is 1. The van der Waals surface area contributed by atoms with Crippen molar-refractivity contribution >= 4 is 39.5 Å². The Morgan fingerprint density at radius 3 is 1.97 bits per heavy atom. The molecule has 0 aliphatic carbocycles. The average Bonchev–Trinajstić information content (AvgIpc) is 3.28. The number of aldehydes is 1. The highest BCUT2D eigenvalue weighted by Gasteiger charge is 2.37. The molecule has 0 spiro atoms. The number of ether oxygens (including phenoxy) is 3. The van der Waals surface area contributed by atoms with Gasteiger partial charge in [-0.3, -0.25) is 9.69 Å². The molecule has 2 aromatic carbocycles. The van der Waals surface area contributed by atoms with Crippen LogP contribution in [0.25, 0.3) is 0 Å². The van der Waals surface area contributed by atoms with Crippen LogP contribution in [0.3, 0.4) is 0 Å². The van der Waals surface area contributed by atoms with Crippen molar-refractivity contribution in [1.29, 1.82) is 0 Å². The Morgan fingerprint density at radius 2 is 1.59 bits per heavy atom. The number of thiazole rings is 1. The van der Waals surface area contributed by atoms with E-state index in [1.54, 1.807) is 24.5 Å². The van der Waals surface area contributed by atoms with Gasteiger partial charge in [-0.25, -0.2) is 4.98 Å². The predicted octanol–water partition coefficient (Wildman–Crippen LogP) is 4.34. The number of carbonyl (C=O) groups excluding carboxylic acids is 1. The highest BCUT2D eigenvalue weighted by molar-refractivity contribution is 9.10. The number of nitrogens with zero attached hydrogens (tertiary/aromatic N) is 2. The standard InChI is InChI=1S/C24H25BrN2O6S/c1-31-18-7-3-16(4-8-18)13-27(14-17-5-9-19(32-2)10-6-17)21(24(29)30)22(33-12-11-28)23-26-20(25)15-34-23/h3-11,15,21-22H,12-14H2,1-2H3,(H,29,30)/t21-,22-/m0/s1. The lowest BCUT2D eigenvalue weighted by molar-refractivity contribution is -0.152. The Labute approximate surface area is 210 Å². The highest BCUT2D eigenvalue weighted by atomic mass is 79.9. The SMILES string of the molecule is COc1ccc(CN(Cc2ccc(OC)cc2)[C@H](C(=O)O)[C@H](OCC=O)c2nc(Br)cs2)cc1. The summed E-state index contributed by atoms with van der Waals surface area (Å²) in [6, 6.07) is 13.8. The first-order valence-electron chi connectivity index (χ1n) is 10.3. The van der Waals surface area contributed by atoms with Crippen molar-refractivity contribution in [3.8, 4) is 11.5 Å². The second kappa shape index (κ2) is 12.6. The Hall–Kier alpha value is -2.79. The van der Waals surface area contributed by atoms with Crippen LogP contribution in [-0.2, 0) is 27.4 Å². The maximum Gasteiger partial charge on any atom is 0.324 e. The van der Waals surface area contributed by atoms with Crippen LogP contribution in [0.1, 0.15) is 22.2 Å². The molecule has 0 saturated heterocycles. The smallest absolute Gasteiger partial charge is 0.324 e. The molecule has 1 aromatic heterocycles. The third-order valence-electron chi connectivity index (χ3n) is 5.10. The van der Waals surface area contributed by atoms with Crippen LogP contribution >= 0.6 is 27.3 Å². The monoisotopic (exact) mass is 548 g/mol. The molecular weight excluding hydrogens is 524 g/mol. The molecular formula is C24H25BrN2O6S. The van der Waals surface area contributed by atoms with E-state index in [2.05, 4.69) is 20.9 Å². The maximum absolute atomic E-state index is 12.6. The number of benzene rings is 2. The fraction of sp³-hybridized carbons (Fsp3) is 0.292. The van der Waals surface area contributed by atoms with Gasteiger partial charge >= 0.3 is 5.97 Å². The van der Waals surface area contributed by atoms with Crippen molar-refractivity contribution in [3.63, 3.8) is 0 Å². The van der Waals surface area contributed by atoms with Crippen LogP contribution in [-0.4, -0.2) is 54.1 Å². The first kappa shape index (κ1) is 25.8. The summed E-state index contributed by atoms with van der Waals surface area (Å²) in [6.07, 6.45) is -0.346. The van der Waals surface area contributed by atoms with Crippen molar-refractivity contribution in [3.05, 3.63) is 74.6 Å². The van der Waals surface area contributed by atoms with Gasteiger partial charge in [0.2, 0.25) is 0 Å². The van der Waals surface area contributed by atoms with Crippen LogP contribution in [0.4, 0.5) is 0 Å². The minimum absolute atomic E-state index is 0.245. The summed E-state index contributed by atoms with van der Waals surface area (Å²) >= 11 is 4.59. The zero-order valence-electron chi connectivity index (χ0n) is 18.7. The number of aliphatic carboxylic acids is 1. The van der Waals surface area contributed by atoms with Gasteiger partial charge in [0.05, 0.1) is 14.2 Å². The minimum Gasteiger partial charge on any atom is -0.497 e. The third kappa shape index (κ3) is 6.86. The van der Waals surface area contributed by atoms with Crippen LogP contribution in [0, 0.1) is 0 Å². The lowest BCUT2D eigenvalue weighted by atomic mass is 10.1. The van der Waals surface area contributed by atoms with Crippen molar-refractivity contribution in [2.24, 2.45) is 0 Å². The number of halogens is 1. The third-order valence-corrected chi connectivity index (χ3v) is 6.72. The molecule has 0 saturated carbocycles. The van der Waals surface area contributed by atoms with E-state index in [9.17, 15) is 14.7 Å². The second-order valence-electron chi connectivity index (χ2n) is 7.31. The fourth-order valence-corrected chi connectivity index (χ4v) is 4.84. The predicted molar refractivity (Wildman–Crippen MR) is 131 cm³/mol.